The highest BCUT2D eigenvalue weighted by Crippen LogP contribution is 2.38. The Morgan fingerprint density at radius 2 is 2.04 bits per heavy atom. The van der Waals surface area contributed by atoms with Gasteiger partial charge in [0.05, 0.1) is 12.7 Å². The molecule has 0 aromatic carbocycles. The molecule has 1 aromatic rings. The van der Waals surface area contributed by atoms with E-state index >= 15 is 0 Å². The molecule has 3 atom stereocenters. The van der Waals surface area contributed by atoms with Crippen LogP contribution in [-0.2, 0) is 13.9 Å². The number of nitrogens with zero attached hydrogens (tertiary/aromatic N) is 1. The summed E-state index contributed by atoms with van der Waals surface area (Å²) in [5, 5.41) is 0.115. The van der Waals surface area contributed by atoms with E-state index in [0.717, 1.165) is 0 Å². The molecule has 0 bridgehead atoms. The highest BCUT2D eigenvalue weighted by atomic mass is 28.4. The fourth-order valence-electron chi connectivity index (χ4n) is 2.43. The van der Waals surface area contributed by atoms with Crippen molar-refractivity contribution in [3.63, 3.8) is 0 Å². The van der Waals surface area contributed by atoms with Gasteiger partial charge in [-0.05, 0) is 18.1 Å². The van der Waals surface area contributed by atoms with Crippen molar-refractivity contribution in [2.24, 2.45) is 0 Å². The Bertz CT molecular complexity index is 676. The van der Waals surface area contributed by atoms with Gasteiger partial charge in [0.1, 0.15) is 12.3 Å². The second-order valence-electron chi connectivity index (χ2n) is 7.73. The predicted octanol–water partition coefficient (Wildman–Crippen LogP) is 1.86. The molecule has 1 aromatic heterocycles. The van der Waals surface area contributed by atoms with E-state index in [1.165, 1.54) is 16.8 Å². The minimum atomic E-state index is -1.89. The van der Waals surface area contributed by atoms with Gasteiger partial charge in [-0.3, -0.25) is 14.3 Å². The maximum atomic E-state index is 11.9. The molecular formula is C16H28N2O5Si. The molecule has 1 N–H and O–H groups in total. The summed E-state index contributed by atoms with van der Waals surface area (Å²) in [4.78, 5) is 25.4. The van der Waals surface area contributed by atoms with E-state index in [2.05, 4.69) is 38.8 Å². The van der Waals surface area contributed by atoms with Crippen LogP contribution in [0.2, 0.25) is 18.1 Å². The molecule has 0 unspecified atom stereocenters. The third kappa shape index (κ3) is 4.05. The molecule has 1 saturated heterocycles. The molecule has 24 heavy (non-hydrogen) atoms. The van der Waals surface area contributed by atoms with Crippen LogP contribution in [0.5, 0.6) is 0 Å². The van der Waals surface area contributed by atoms with Gasteiger partial charge in [0.2, 0.25) is 0 Å². The number of aromatic amines is 1. The SMILES string of the molecule is CO[C@H]1C[C@H](n2ccc(=O)[nH]c2=O)O[C@@H]1CO[Si](C)(C)C(C)(C)C. The second kappa shape index (κ2) is 6.95. The van der Waals surface area contributed by atoms with Gasteiger partial charge in [-0.2, -0.15) is 0 Å². The minimum Gasteiger partial charge on any atom is -0.414 e. The topological polar surface area (TPSA) is 82.6 Å². The Kier molecular flexibility index (Phi) is 5.53. The normalized spacial score (nSPS) is 25.2. The summed E-state index contributed by atoms with van der Waals surface area (Å²) in [6.45, 7) is 11.4. The predicted molar refractivity (Wildman–Crippen MR) is 93.8 cm³/mol. The lowest BCUT2D eigenvalue weighted by Crippen LogP contribution is -2.44. The molecule has 1 fully saturated rings. The summed E-state index contributed by atoms with van der Waals surface area (Å²) < 4.78 is 19.1. The Hall–Kier alpha value is -1.22. The largest absolute Gasteiger partial charge is 0.414 e. The number of hydrogen-bond acceptors (Lipinski definition) is 5. The van der Waals surface area contributed by atoms with E-state index in [-0.39, 0.29) is 17.2 Å². The first kappa shape index (κ1) is 19.1. The van der Waals surface area contributed by atoms with E-state index in [1.807, 2.05) is 0 Å². The van der Waals surface area contributed by atoms with Crippen molar-refractivity contribution in [1.29, 1.82) is 0 Å². The highest BCUT2D eigenvalue weighted by molar-refractivity contribution is 6.74. The summed E-state index contributed by atoms with van der Waals surface area (Å²) in [6.07, 6.45) is 1.13. The van der Waals surface area contributed by atoms with Crippen LogP contribution in [0.3, 0.4) is 0 Å². The standard InChI is InChI=1S/C16H28N2O5Si/c1-16(2,3)24(5,6)22-10-12-11(21-4)9-14(23-12)18-8-7-13(19)17-15(18)20/h7-8,11-12,14H,9-10H2,1-6H3,(H,17,19,20)/t11-,12+,14+/m0/s1. The maximum absolute atomic E-state index is 11.9. The number of aromatic nitrogens is 2. The van der Waals surface area contributed by atoms with Crippen LogP contribution in [0.1, 0.15) is 33.4 Å². The lowest BCUT2D eigenvalue weighted by Gasteiger charge is -2.37. The molecular weight excluding hydrogens is 328 g/mol. The van der Waals surface area contributed by atoms with Crippen molar-refractivity contribution >= 4 is 8.32 Å². The smallest absolute Gasteiger partial charge is 0.330 e. The van der Waals surface area contributed by atoms with Crippen molar-refractivity contribution in [2.45, 2.75) is 63.8 Å². The third-order valence-electron chi connectivity index (χ3n) is 5.06. The van der Waals surface area contributed by atoms with Crippen molar-refractivity contribution < 1.29 is 13.9 Å². The summed E-state index contributed by atoms with van der Waals surface area (Å²) >= 11 is 0. The first-order valence-electron chi connectivity index (χ1n) is 8.19. The van der Waals surface area contributed by atoms with Crippen LogP contribution in [0.25, 0.3) is 0 Å². The number of hydrogen-bond donors (Lipinski definition) is 1. The average Bonchev–Trinajstić information content (AvgIpc) is 2.87. The van der Waals surface area contributed by atoms with E-state index in [1.54, 1.807) is 7.11 Å². The molecule has 0 aliphatic carbocycles. The van der Waals surface area contributed by atoms with Crippen LogP contribution in [0, 0.1) is 0 Å². The van der Waals surface area contributed by atoms with Crippen LogP contribution in [0.4, 0.5) is 0 Å². The zero-order chi connectivity index (χ0) is 18.1. The Morgan fingerprint density at radius 1 is 1.38 bits per heavy atom. The minimum absolute atomic E-state index is 0.115. The molecule has 1 aliphatic heterocycles. The first-order chi connectivity index (χ1) is 11.0. The van der Waals surface area contributed by atoms with Gasteiger partial charge in [-0.1, -0.05) is 20.8 Å². The van der Waals surface area contributed by atoms with E-state index in [9.17, 15) is 9.59 Å². The van der Waals surface area contributed by atoms with Gasteiger partial charge in [-0.15, -0.1) is 0 Å². The molecule has 8 heteroatoms. The molecule has 2 rings (SSSR count). The molecule has 0 spiro atoms. The quantitative estimate of drug-likeness (QED) is 0.814. The van der Waals surface area contributed by atoms with Crippen LogP contribution in [-0.4, -0.2) is 43.8 Å². The Morgan fingerprint density at radius 3 is 2.58 bits per heavy atom. The van der Waals surface area contributed by atoms with Crippen LogP contribution in [0.15, 0.2) is 21.9 Å². The fraction of sp³-hybridized carbons (Fsp3) is 0.750. The van der Waals surface area contributed by atoms with Gasteiger partial charge in [-0.25, -0.2) is 4.79 Å². The number of methoxy groups -OCH3 is 1. The average molecular weight is 356 g/mol. The van der Waals surface area contributed by atoms with E-state index in [0.29, 0.717) is 13.0 Å². The lowest BCUT2D eigenvalue weighted by molar-refractivity contribution is -0.0509. The maximum Gasteiger partial charge on any atom is 0.330 e. The summed E-state index contributed by atoms with van der Waals surface area (Å²) in [5.41, 5.74) is -0.899. The van der Waals surface area contributed by atoms with E-state index in [4.69, 9.17) is 13.9 Å². The monoisotopic (exact) mass is 356 g/mol. The second-order valence-corrected chi connectivity index (χ2v) is 12.5. The number of ether oxygens (including phenoxy) is 2. The molecule has 1 aliphatic rings. The molecule has 7 nitrogen and oxygen atoms in total. The molecule has 136 valence electrons. The lowest BCUT2D eigenvalue weighted by atomic mass is 10.2. The van der Waals surface area contributed by atoms with Gasteiger partial charge in [0, 0.05) is 25.8 Å². The van der Waals surface area contributed by atoms with Gasteiger partial charge in [0.15, 0.2) is 8.32 Å². The zero-order valence-electron chi connectivity index (χ0n) is 15.3. The van der Waals surface area contributed by atoms with Crippen molar-refractivity contribution in [1.82, 2.24) is 9.55 Å². The first-order valence-corrected chi connectivity index (χ1v) is 11.1. The fourth-order valence-corrected chi connectivity index (χ4v) is 3.44. The summed E-state index contributed by atoms with van der Waals surface area (Å²) in [5.74, 6) is 0. The van der Waals surface area contributed by atoms with Crippen LogP contribution < -0.4 is 11.2 Å². The molecule has 0 radical (unpaired) electrons. The Balaban J connectivity index is 2.09. The number of H-pyrrole nitrogens is 1. The van der Waals surface area contributed by atoms with E-state index < -0.39 is 25.8 Å². The van der Waals surface area contributed by atoms with Crippen molar-refractivity contribution in [3.8, 4) is 0 Å². The highest BCUT2D eigenvalue weighted by Gasteiger charge is 2.41. The van der Waals surface area contributed by atoms with Gasteiger partial charge in [0.25, 0.3) is 5.56 Å². The molecule has 0 saturated carbocycles. The number of rotatable bonds is 5. The summed E-state index contributed by atoms with van der Waals surface area (Å²) in [7, 11) is -0.256. The van der Waals surface area contributed by atoms with Gasteiger partial charge < -0.3 is 13.9 Å². The van der Waals surface area contributed by atoms with Crippen LogP contribution >= 0.6 is 0 Å². The van der Waals surface area contributed by atoms with Gasteiger partial charge >= 0.3 is 5.69 Å². The van der Waals surface area contributed by atoms with Crippen molar-refractivity contribution in [3.05, 3.63) is 33.1 Å². The van der Waals surface area contributed by atoms with Crippen molar-refractivity contribution in [2.75, 3.05) is 13.7 Å². The Labute approximate surface area is 143 Å². The third-order valence-corrected chi connectivity index (χ3v) is 9.56. The summed E-state index contributed by atoms with van der Waals surface area (Å²) in [6, 6.07) is 1.31. The molecule has 2 heterocycles. The zero-order valence-corrected chi connectivity index (χ0v) is 16.3. The molecule has 0 amide bonds. The number of nitrogens with one attached hydrogen (secondary N) is 1.